The Bertz CT molecular complexity index is 326. The number of hydrogen-bond acceptors (Lipinski definition) is 5. The molecular formula is C7H12F3N5O. The monoisotopic (exact) mass is 239 g/mol. The molecule has 6 nitrogen and oxygen atoms in total. The van der Waals surface area contributed by atoms with Gasteiger partial charge in [-0.25, -0.2) is 0 Å². The van der Waals surface area contributed by atoms with Crippen molar-refractivity contribution in [3.63, 3.8) is 0 Å². The van der Waals surface area contributed by atoms with E-state index in [9.17, 15) is 13.2 Å². The molecule has 0 bridgehead atoms. The molecule has 2 N–H and O–H groups in total. The summed E-state index contributed by atoms with van der Waals surface area (Å²) < 4.78 is 39.6. The van der Waals surface area contributed by atoms with Crippen LogP contribution in [0.25, 0.3) is 0 Å². The maximum absolute atomic E-state index is 11.7. The van der Waals surface area contributed by atoms with Gasteiger partial charge in [-0.3, -0.25) is 0 Å². The van der Waals surface area contributed by atoms with E-state index in [2.05, 4.69) is 20.1 Å². The van der Waals surface area contributed by atoms with Crippen LogP contribution in [0.5, 0.6) is 0 Å². The molecule has 92 valence electrons. The van der Waals surface area contributed by atoms with Crippen LogP contribution < -0.4 is 5.73 Å². The average molecular weight is 239 g/mol. The van der Waals surface area contributed by atoms with Crippen LogP contribution >= 0.6 is 0 Å². The number of tetrazole rings is 1. The van der Waals surface area contributed by atoms with Crippen molar-refractivity contribution in [3.05, 3.63) is 5.82 Å². The van der Waals surface area contributed by atoms with Crippen molar-refractivity contribution in [1.29, 1.82) is 0 Å². The fourth-order valence-corrected chi connectivity index (χ4v) is 1.02. The number of nitrogens with two attached hydrogens (primary N) is 1. The average Bonchev–Trinajstić information content (AvgIpc) is 2.48. The lowest BCUT2D eigenvalue weighted by atomic mass is 10.2. The smallest absolute Gasteiger partial charge is 0.370 e. The second-order valence-electron chi connectivity index (χ2n) is 3.29. The zero-order chi connectivity index (χ0) is 12.2. The van der Waals surface area contributed by atoms with Gasteiger partial charge in [0.25, 0.3) is 0 Å². The van der Waals surface area contributed by atoms with Crippen molar-refractivity contribution < 1.29 is 17.9 Å². The van der Waals surface area contributed by atoms with E-state index >= 15 is 0 Å². The predicted molar refractivity (Wildman–Crippen MR) is 47.4 cm³/mol. The molecule has 0 amide bonds. The van der Waals surface area contributed by atoms with Gasteiger partial charge in [0.05, 0.1) is 13.7 Å². The number of halogens is 3. The van der Waals surface area contributed by atoms with Crippen LogP contribution in [0.2, 0.25) is 0 Å². The fraction of sp³-hybridized carbons (Fsp3) is 0.857. The van der Waals surface area contributed by atoms with Gasteiger partial charge >= 0.3 is 6.18 Å². The van der Waals surface area contributed by atoms with E-state index in [1.807, 2.05) is 0 Å². The van der Waals surface area contributed by atoms with E-state index < -0.39 is 18.8 Å². The van der Waals surface area contributed by atoms with Crippen molar-refractivity contribution in [3.8, 4) is 0 Å². The van der Waals surface area contributed by atoms with Gasteiger partial charge in [-0.2, -0.15) is 18.0 Å². The van der Waals surface area contributed by atoms with Gasteiger partial charge < -0.3 is 10.5 Å². The molecule has 0 fully saturated rings. The van der Waals surface area contributed by atoms with Crippen molar-refractivity contribution >= 4 is 0 Å². The molecule has 0 aliphatic carbocycles. The van der Waals surface area contributed by atoms with Crippen molar-refractivity contribution in [1.82, 2.24) is 20.2 Å². The minimum Gasteiger partial charge on any atom is -0.370 e. The van der Waals surface area contributed by atoms with Crippen LogP contribution in [0.1, 0.15) is 5.82 Å². The molecular weight excluding hydrogens is 227 g/mol. The molecule has 0 aliphatic rings. The first-order valence-electron chi connectivity index (χ1n) is 4.50. The van der Waals surface area contributed by atoms with Crippen LogP contribution in [0.3, 0.4) is 0 Å². The summed E-state index contributed by atoms with van der Waals surface area (Å²) in [7, 11) is 1.59. The molecule has 0 saturated heterocycles. The van der Waals surface area contributed by atoms with Crippen LogP contribution in [-0.2, 0) is 18.2 Å². The SMILES string of the molecule is Cn1nnc(CC(N)COCC(F)(F)F)n1. The first kappa shape index (κ1) is 12.8. The van der Waals surface area contributed by atoms with Gasteiger partial charge in [-0.1, -0.05) is 0 Å². The summed E-state index contributed by atoms with van der Waals surface area (Å²) in [6.45, 7) is -1.49. The number of alkyl halides is 3. The third-order valence-electron chi connectivity index (χ3n) is 1.59. The highest BCUT2D eigenvalue weighted by Gasteiger charge is 2.27. The van der Waals surface area contributed by atoms with E-state index in [-0.39, 0.29) is 13.0 Å². The molecule has 1 aromatic rings. The molecule has 9 heteroatoms. The Balaban J connectivity index is 2.23. The molecule has 0 aromatic carbocycles. The third-order valence-corrected chi connectivity index (χ3v) is 1.59. The highest BCUT2D eigenvalue weighted by atomic mass is 19.4. The summed E-state index contributed by atoms with van der Waals surface area (Å²) in [5, 5.41) is 11.1. The van der Waals surface area contributed by atoms with E-state index in [1.54, 1.807) is 7.05 Å². The van der Waals surface area contributed by atoms with Crippen LogP contribution in [-0.4, -0.2) is 45.6 Å². The minimum absolute atomic E-state index is 0.197. The molecule has 0 spiro atoms. The van der Waals surface area contributed by atoms with Gasteiger partial charge in [-0.05, 0) is 5.21 Å². The summed E-state index contributed by atoms with van der Waals surface area (Å²) in [5.74, 6) is 0.380. The number of aromatic nitrogens is 4. The summed E-state index contributed by atoms with van der Waals surface area (Å²) in [4.78, 5) is 1.25. The summed E-state index contributed by atoms with van der Waals surface area (Å²) in [6.07, 6.45) is -4.10. The Morgan fingerprint density at radius 2 is 2.19 bits per heavy atom. The van der Waals surface area contributed by atoms with Crippen LogP contribution in [0.15, 0.2) is 0 Å². The number of rotatable bonds is 5. The second kappa shape index (κ2) is 5.21. The number of ether oxygens (including phenoxy) is 1. The van der Waals surface area contributed by atoms with Crippen LogP contribution in [0, 0.1) is 0 Å². The topological polar surface area (TPSA) is 78.9 Å². The Kier molecular flexibility index (Phi) is 4.19. The van der Waals surface area contributed by atoms with E-state index in [0.717, 1.165) is 0 Å². The Morgan fingerprint density at radius 3 is 2.69 bits per heavy atom. The van der Waals surface area contributed by atoms with Gasteiger partial charge in [-0.15, -0.1) is 10.2 Å². The van der Waals surface area contributed by atoms with Gasteiger partial charge in [0, 0.05) is 12.5 Å². The zero-order valence-corrected chi connectivity index (χ0v) is 8.61. The van der Waals surface area contributed by atoms with Crippen LogP contribution in [0.4, 0.5) is 13.2 Å². The number of nitrogens with zero attached hydrogens (tertiary/aromatic N) is 4. The number of hydrogen-bond donors (Lipinski definition) is 1. The lowest BCUT2D eigenvalue weighted by Gasteiger charge is -2.11. The van der Waals surface area contributed by atoms with Crippen molar-refractivity contribution in [2.45, 2.75) is 18.6 Å². The molecule has 1 unspecified atom stereocenters. The maximum Gasteiger partial charge on any atom is 0.411 e. The van der Waals surface area contributed by atoms with Gasteiger partial charge in [0.1, 0.15) is 6.61 Å². The summed E-state index contributed by atoms with van der Waals surface area (Å²) in [6, 6.07) is -0.577. The Labute approximate surface area is 89.6 Å². The molecule has 1 rings (SSSR count). The van der Waals surface area contributed by atoms with Gasteiger partial charge in [0.15, 0.2) is 5.82 Å². The molecule has 0 radical (unpaired) electrons. The lowest BCUT2D eigenvalue weighted by molar-refractivity contribution is -0.174. The van der Waals surface area contributed by atoms with Gasteiger partial charge in [0.2, 0.25) is 0 Å². The molecule has 1 aromatic heterocycles. The first-order chi connectivity index (χ1) is 7.37. The molecule has 1 heterocycles. The fourth-order valence-electron chi connectivity index (χ4n) is 1.02. The standard InChI is InChI=1S/C7H12F3N5O/c1-15-13-6(12-14-15)2-5(11)3-16-4-7(8,9)10/h5H,2-4,11H2,1H3. The third kappa shape index (κ3) is 5.03. The quantitative estimate of drug-likeness (QED) is 0.760. The van der Waals surface area contributed by atoms with Crippen molar-refractivity contribution in [2.24, 2.45) is 12.8 Å². The van der Waals surface area contributed by atoms with E-state index in [4.69, 9.17) is 5.73 Å². The molecule has 0 saturated carbocycles. The normalized spacial score (nSPS) is 14.1. The highest BCUT2D eigenvalue weighted by Crippen LogP contribution is 2.14. The largest absolute Gasteiger partial charge is 0.411 e. The minimum atomic E-state index is -4.33. The van der Waals surface area contributed by atoms with E-state index in [1.165, 1.54) is 4.80 Å². The van der Waals surface area contributed by atoms with Crippen molar-refractivity contribution in [2.75, 3.05) is 13.2 Å². The molecule has 16 heavy (non-hydrogen) atoms. The second-order valence-corrected chi connectivity index (χ2v) is 3.29. The first-order valence-corrected chi connectivity index (χ1v) is 4.50. The number of aryl methyl sites for hydroxylation is 1. The summed E-state index contributed by atoms with van der Waals surface area (Å²) >= 11 is 0. The zero-order valence-electron chi connectivity index (χ0n) is 8.61. The molecule has 1 atom stereocenters. The Hall–Kier alpha value is -1.22. The molecule has 0 aliphatic heterocycles. The predicted octanol–water partition coefficient (Wildman–Crippen LogP) is -0.341. The highest BCUT2D eigenvalue weighted by molar-refractivity contribution is 4.82. The van der Waals surface area contributed by atoms with E-state index in [0.29, 0.717) is 5.82 Å². The maximum atomic E-state index is 11.7. The lowest BCUT2D eigenvalue weighted by Crippen LogP contribution is -2.31. The Morgan fingerprint density at radius 1 is 1.50 bits per heavy atom. The summed E-state index contributed by atoms with van der Waals surface area (Å²) in [5.41, 5.74) is 5.53.